The second-order valence-corrected chi connectivity index (χ2v) is 8.37. The van der Waals surface area contributed by atoms with Gasteiger partial charge in [-0.3, -0.25) is 9.68 Å². The summed E-state index contributed by atoms with van der Waals surface area (Å²) in [6.07, 6.45) is 3.85. The predicted octanol–water partition coefficient (Wildman–Crippen LogP) is 3.51. The smallest absolute Gasteiger partial charge is 0.298 e. The molecular weight excluding hydrogens is 360 g/mol. The van der Waals surface area contributed by atoms with Crippen molar-refractivity contribution in [2.45, 2.75) is 25.5 Å². The van der Waals surface area contributed by atoms with E-state index >= 15 is 0 Å². The lowest BCUT2D eigenvalue weighted by atomic mass is 10.2. The van der Waals surface area contributed by atoms with Crippen LogP contribution in [0.5, 0.6) is 0 Å². The molecule has 0 radical (unpaired) electrons. The molecule has 0 rings (SSSR count). The van der Waals surface area contributed by atoms with Crippen LogP contribution in [-0.4, -0.2) is 63.4 Å². The van der Waals surface area contributed by atoms with Crippen molar-refractivity contribution in [1.29, 1.82) is 0 Å². The molecule has 0 unspecified atom stereocenters. The monoisotopic (exact) mass is 382 g/mol. The Hall–Kier alpha value is -1.07. The van der Waals surface area contributed by atoms with Crippen LogP contribution in [0.1, 0.15) is 20.8 Å². The average Bonchev–Trinajstić information content (AvgIpc) is 2.51. The van der Waals surface area contributed by atoms with Gasteiger partial charge in [-0.1, -0.05) is 10.3 Å². The fourth-order valence-corrected chi connectivity index (χ4v) is 1.58. The molecular formula is C12H22N4O4S3. The highest BCUT2D eigenvalue weighted by Gasteiger charge is 2.20. The molecule has 0 fully saturated rings. The highest BCUT2D eigenvalue weighted by atomic mass is 32.2. The maximum atomic E-state index is 11.7. The lowest BCUT2D eigenvalue weighted by Gasteiger charge is -2.19. The Balaban J connectivity index is 4.38. The lowest BCUT2D eigenvalue weighted by Crippen LogP contribution is -2.29. The summed E-state index contributed by atoms with van der Waals surface area (Å²) >= 11 is 3.72. The van der Waals surface area contributed by atoms with Crippen LogP contribution in [0.2, 0.25) is 0 Å². The van der Waals surface area contributed by atoms with E-state index in [-0.39, 0.29) is 4.75 Å². The maximum absolute atomic E-state index is 11.7. The third-order valence-corrected chi connectivity index (χ3v) is 4.94. The van der Waals surface area contributed by atoms with Gasteiger partial charge in [-0.2, -0.15) is 11.8 Å². The number of thioether (sulfide) groups is 2. The Kier molecular flexibility index (Phi) is 10.2. The van der Waals surface area contributed by atoms with Gasteiger partial charge in [0.25, 0.3) is 0 Å². The van der Waals surface area contributed by atoms with Crippen LogP contribution in [0.15, 0.2) is 10.3 Å². The van der Waals surface area contributed by atoms with E-state index in [9.17, 15) is 9.59 Å². The third kappa shape index (κ3) is 9.61. The fraction of sp³-hybridized carbons (Fsp3) is 0.667. The van der Waals surface area contributed by atoms with Gasteiger partial charge in [0.15, 0.2) is 0 Å². The first-order chi connectivity index (χ1) is 10.6. The van der Waals surface area contributed by atoms with Crippen molar-refractivity contribution >= 4 is 59.1 Å². The number of hydrogen-bond acceptors (Lipinski definition) is 9. The molecule has 0 saturated carbocycles. The summed E-state index contributed by atoms with van der Waals surface area (Å²) in [4.78, 5) is 32.9. The molecule has 0 N–H and O–H groups in total. The maximum Gasteiger partial charge on any atom is 0.447 e. The number of oxime groups is 2. The highest BCUT2D eigenvalue weighted by molar-refractivity contribution is 8.13. The van der Waals surface area contributed by atoms with Crippen molar-refractivity contribution < 1.29 is 19.3 Å². The van der Waals surface area contributed by atoms with Gasteiger partial charge in [0.1, 0.15) is 5.04 Å². The van der Waals surface area contributed by atoms with Crippen LogP contribution in [0.3, 0.4) is 0 Å². The van der Waals surface area contributed by atoms with Crippen molar-refractivity contribution in [1.82, 2.24) is 8.61 Å². The normalized spacial score (nSPS) is 12.2. The minimum absolute atomic E-state index is 0.236. The highest BCUT2D eigenvalue weighted by Crippen LogP contribution is 2.19. The van der Waals surface area contributed by atoms with Crippen molar-refractivity contribution in [3.8, 4) is 0 Å². The summed E-state index contributed by atoms with van der Waals surface area (Å²) in [7, 11) is 2.89. The Morgan fingerprint density at radius 1 is 1.09 bits per heavy atom. The zero-order valence-corrected chi connectivity index (χ0v) is 16.7. The van der Waals surface area contributed by atoms with E-state index in [0.29, 0.717) is 5.04 Å². The Labute approximate surface area is 149 Å². The van der Waals surface area contributed by atoms with E-state index in [1.807, 2.05) is 26.4 Å². The second-order valence-electron chi connectivity index (χ2n) is 4.65. The van der Waals surface area contributed by atoms with Crippen molar-refractivity contribution in [3.63, 3.8) is 0 Å². The van der Waals surface area contributed by atoms with E-state index in [0.717, 1.165) is 20.7 Å². The summed E-state index contributed by atoms with van der Waals surface area (Å²) in [5, 5.41) is 7.87. The van der Waals surface area contributed by atoms with Gasteiger partial charge in [-0.25, -0.2) is 18.2 Å². The summed E-state index contributed by atoms with van der Waals surface area (Å²) in [6, 6.07) is 0. The zero-order valence-electron chi connectivity index (χ0n) is 14.2. The Bertz CT molecular complexity index is 471. The third-order valence-electron chi connectivity index (χ3n) is 2.33. The molecule has 0 aromatic carbocycles. The number of carbonyl (C=O) groups excluding carboxylic acids is 2. The minimum atomic E-state index is -0.716. The molecule has 0 aliphatic heterocycles. The largest absolute Gasteiger partial charge is 0.447 e. The van der Waals surface area contributed by atoms with Crippen LogP contribution < -0.4 is 0 Å². The van der Waals surface area contributed by atoms with Crippen LogP contribution in [0.25, 0.3) is 0 Å². The molecule has 0 aliphatic carbocycles. The van der Waals surface area contributed by atoms with Crippen LogP contribution in [-0.2, 0) is 9.68 Å². The van der Waals surface area contributed by atoms with Gasteiger partial charge >= 0.3 is 12.2 Å². The average molecular weight is 383 g/mol. The number of carbonyl (C=O) groups is 2. The summed E-state index contributed by atoms with van der Waals surface area (Å²) in [6.45, 7) is 5.59. The molecule has 0 aromatic rings. The molecule has 0 spiro atoms. The van der Waals surface area contributed by atoms with Gasteiger partial charge in [0.05, 0.1) is 18.3 Å². The first-order valence-electron chi connectivity index (χ1n) is 6.38. The predicted molar refractivity (Wildman–Crippen MR) is 98.8 cm³/mol. The van der Waals surface area contributed by atoms with Gasteiger partial charge in [-0.05, 0) is 33.3 Å². The molecule has 8 nitrogen and oxygen atoms in total. The van der Waals surface area contributed by atoms with Crippen molar-refractivity contribution in [2.24, 2.45) is 10.3 Å². The summed E-state index contributed by atoms with van der Waals surface area (Å²) in [5.41, 5.74) is 0. The van der Waals surface area contributed by atoms with E-state index in [1.54, 1.807) is 18.7 Å². The second kappa shape index (κ2) is 10.7. The molecule has 23 heavy (non-hydrogen) atoms. The first-order valence-corrected chi connectivity index (χ1v) is 9.56. The number of nitrogens with zero attached hydrogens (tertiary/aromatic N) is 4. The van der Waals surface area contributed by atoms with Gasteiger partial charge in [0.2, 0.25) is 0 Å². The fourth-order valence-electron chi connectivity index (χ4n) is 0.757. The molecule has 0 heterocycles. The molecule has 0 bridgehead atoms. The molecule has 2 amide bonds. The molecule has 11 heteroatoms. The lowest BCUT2D eigenvalue weighted by molar-refractivity contribution is 0.131. The van der Waals surface area contributed by atoms with E-state index in [2.05, 4.69) is 10.3 Å². The molecule has 0 aromatic heterocycles. The number of hydrogen-bond donors (Lipinski definition) is 0. The van der Waals surface area contributed by atoms with Gasteiger partial charge in [-0.15, -0.1) is 11.8 Å². The van der Waals surface area contributed by atoms with E-state index < -0.39 is 12.2 Å². The van der Waals surface area contributed by atoms with E-state index in [1.165, 1.54) is 32.1 Å². The Morgan fingerprint density at radius 3 is 2.09 bits per heavy atom. The van der Waals surface area contributed by atoms with Crippen molar-refractivity contribution in [2.75, 3.05) is 26.6 Å². The summed E-state index contributed by atoms with van der Waals surface area (Å²) < 4.78 is 1.98. The minimum Gasteiger partial charge on any atom is -0.298 e. The number of rotatable bonds is 6. The summed E-state index contributed by atoms with van der Waals surface area (Å²) in [5.74, 6) is 0. The SMILES string of the molecule is CS/C(C)=N\OC(=O)N(C)SN(C)C(=O)O/N=C\C(C)(C)SC. The van der Waals surface area contributed by atoms with Crippen molar-refractivity contribution in [3.05, 3.63) is 0 Å². The molecule has 0 atom stereocenters. The van der Waals surface area contributed by atoms with E-state index in [4.69, 9.17) is 9.68 Å². The molecule has 132 valence electrons. The first kappa shape index (κ1) is 21.9. The quantitative estimate of drug-likeness (QED) is 0.228. The molecule has 0 aliphatic rings. The van der Waals surface area contributed by atoms with Gasteiger partial charge in [0, 0.05) is 18.8 Å². The van der Waals surface area contributed by atoms with Crippen LogP contribution in [0, 0.1) is 0 Å². The topological polar surface area (TPSA) is 83.8 Å². The molecule has 0 saturated heterocycles. The number of amides is 2. The zero-order chi connectivity index (χ0) is 18.0. The van der Waals surface area contributed by atoms with Gasteiger partial charge < -0.3 is 0 Å². The van der Waals surface area contributed by atoms with Crippen LogP contribution in [0.4, 0.5) is 9.59 Å². The Morgan fingerprint density at radius 2 is 1.61 bits per heavy atom. The standard InChI is InChI=1S/C12H22N4O4S3/c1-9(21-6)14-20-11(18)16(5)23-15(4)10(17)19-13-8-12(2,3)22-7/h8H,1-7H3/b13-8-,14-9-. The van der Waals surface area contributed by atoms with Crippen LogP contribution >= 0.6 is 35.7 Å².